The van der Waals surface area contributed by atoms with Crippen LogP contribution in [0.5, 0.6) is 0 Å². The predicted molar refractivity (Wildman–Crippen MR) is 94.1 cm³/mol. The highest BCUT2D eigenvalue weighted by molar-refractivity contribution is 5.84. The van der Waals surface area contributed by atoms with Gasteiger partial charge in [0.1, 0.15) is 0 Å². The molecule has 0 saturated heterocycles. The number of pyridine rings is 1. The Morgan fingerprint density at radius 1 is 1.25 bits per heavy atom. The minimum absolute atomic E-state index is 0.0293. The van der Waals surface area contributed by atoms with Gasteiger partial charge in [0.2, 0.25) is 5.91 Å². The summed E-state index contributed by atoms with van der Waals surface area (Å²) >= 11 is 0. The monoisotopic (exact) mass is 330 g/mol. The third-order valence-electron chi connectivity index (χ3n) is 5.13. The Kier molecular flexibility index (Phi) is 4.73. The van der Waals surface area contributed by atoms with Gasteiger partial charge in [-0.2, -0.15) is 0 Å². The molecule has 130 valence electrons. The minimum Gasteiger partial charge on any atom is -0.353 e. The van der Waals surface area contributed by atoms with Crippen LogP contribution in [0.2, 0.25) is 0 Å². The first kappa shape index (κ1) is 16.7. The molecular formula is C18H26N4O2. The molecule has 24 heavy (non-hydrogen) atoms. The zero-order valence-corrected chi connectivity index (χ0v) is 14.7. The molecule has 1 aliphatic carbocycles. The number of fused-ring (bicyclic) bond motifs is 1. The number of aromatic nitrogens is 3. The first-order valence-corrected chi connectivity index (χ1v) is 8.81. The van der Waals surface area contributed by atoms with Crippen LogP contribution in [0.15, 0.2) is 4.79 Å². The first-order chi connectivity index (χ1) is 11.5. The van der Waals surface area contributed by atoms with E-state index in [4.69, 9.17) is 0 Å². The van der Waals surface area contributed by atoms with Crippen molar-refractivity contribution in [2.45, 2.75) is 64.8 Å². The van der Waals surface area contributed by atoms with Gasteiger partial charge in [0.25, 0.3) is 5.56 Å². The Balaban J connectivity index is 1.83. The molecule has 6 nitrogen and oxygen atoms in total. The third-order valence-corrected chi connectivity index (χ3v) is 5.13. The van der Waals surface area contributed by atoms with Crippen molar-refractivity contribution in [3.63, 3.8) is 0 Å². The van der Waals surface area contributed by atoms with Crippen LogP contribution in [0.25, 0.3) is 11.0 Å². The molecule has 0 spiro atoms. The lowest BCUT2D eigenvalue weighted by atomic mass is 10.0. The molecular weight excluding hydrogens is 304 g/mol. The highest BCUT2D eigenvalue weighted by Gasteiger charge is 2.19. The zero-order chi connectivity index (χ0) is 17.3. The third kappa shape index (κ3) is 3.23. The van der Waals surface area contributed by atoms with Crippen molar-refractivity contribution in [2.75, 3.05) is 0 Å². The summed E-state index contributed by atoms with van der Waals surface area (Å²) in [5, 5.41) is 6.49. The highest BCUT2D eigenvalue weighted by Crippen LogP contribution is 2.21. The Morgan fingerprint density at radius 2 is 1.92 bits per heavy atom. The molecule has 0 radical (unpaired) electrons. The highest BCUT2D eigenvalue weighted by atomic mass is 16.1. The molecule has 0 aromatic carbocycles. The number of H-pyrrole nitrogens is 1. The second kappa shape index (κ2) is 6.79. The Morgan fingerprint density at radius 3 is 2.58 bits per heavy atom. The van der Waals surface area contributed by atoms with Crippen LogP contribution in [-0.2, 0) is 18.3 Å². The van der Waals surface area contributed by atoms with Crippen molar-refractivity contribution in [1.29, 1.82) is 0 Å². The van der Waals surface area contributed by atoms with Crippen LogP contribution in [0.1, 0.15) is 55.3 Å². The fraction of sp³-hybridized carbons (Fsp3) is 0.611. The molecule has 1 fully saturated rings. The van der Waals surface area contributed by atoms with Crippen LogP contribution >= 0.6 is 0 Å². The second-order valence-corrected chi connectivity index (χ2v) is 6.93. The van der Waals surface area contributed by atoms with Crippen LogP contribution < -0.4 is 10.9 Å². The molecule has 6 heteroatoms. The molecule has 1 saturated carbocycles. The van der Waals surface area contributed by atoms with Crippen molar-refractivity contribution >= 4 is 16.9 Å². The van der Waals surface area contributed by atoms with Crippen LogP contribution in [-0.4, -0.2) is 26.7 Å². The van der Waals surface area contributed by atoms with E-state index < -0.39 is 0 Å². The molecule has 1 amide bonds. The van der Waals surface area contributed by atoms with Gasteiger partial charge in [-0.05, 0) is 37.8 Å². The summed E-state index contributed by atoms with van der Waals surface area (Å²) in [6, 6.07) is 0.289. The van der Waals surface area contributed by atoms with Crippen molar-refractivity contribution < 1.29 is 4.79 Å². The standard InChI is InChI=1S/C18H26N4O2/c1-11-14(10-15(23)20-13-8-6-4-5-7-9-13)12(2)19-17-16(11)18(24)21-22(17)3/h13H,4-10H2,1-3H3,(H,20,23)(H,21,24). The van der Waals surface area contributed by atoms with Gasteiger partial charge in [0, 0.05) is 18.8 Å². The number of aryl methyl sites for hydroxylation is 3. The number of carbonyl (C=O) groups is 1. The van der Waals surface area contributed by atoms with E-state index in [1.165, 1.54) is 25.7 Å². The van der Waals surface area contributed by atoms with E-state index in [9.17, 15) is 9.59 Å². The summed E-state index contributed by atoms with van der Waals surface area (Å²) < 4.78 is 1.63. The van der Waals surface area contributed by atoms with Crippen molar-refractivity contribution in [3.05, 3.63) is 27.2 Å². The van der Waals surface area contributed by atoms with Gasteiger partial charge in [-0.1, -0.05) is 25.7 Å². The molecule has 0 aliphatic heterocycles. The maximum absolute atomic E-state index is 12.5. The fourth-order valence-electron chi connectivity index (χ4n) is 3.77. The predicted octanol–water partition coefficient (Wildman–Crippen LogP) is 2.26. The summed E-state index contributed by atoms with van der Waals surface area (Å²) in [5.41, 5.74) is 3.03. The lowest BCUT2D eigenvalue weighted by Crippen LogP contribution is -2.35. The summed E-state index contributed by atoms with van der Waals surface area (Å²) in [7, 11) is 1.77. The zero-order valence-electron chi connectivity index (χ0n) is 14.7. The van der Waals surface area contributed by atoms with Gasteiger partial charge in [0.15, 0.2) is 5.65 Å². The van der Waals surface area contributed by atoms with Gasteiger partial charge in [-0.25, -0.2) is 4.98 Å². The van der Waals surface area contributed by atoms with E-state index in [2.05, 4.69) is 15.4 Å². The smallest absolute Gasteiger partial charge is 0.273 e. The molecule has 1 aliphatic rings. The number of aromatic amines is 1. The molecule has 0 atom stereocenters. The summed E-state index contributed by atoms with van der Waals surface area (Å²) in [5.74, 6) is 0.0293. The average Bonchev–Trinajstić information content (AvgIpc) is 2.69. The van der Waals surface area contributed by atoms with Crippen molar-refractivity contribution in [2.24, 2.45) is 7.05 Å². The first-order valence-electron chi connectivity index (χ1n) is 8.81. The Bertz CT molecular complexity index is 811. The number of hydrogen-bond acceptors (Lipinski definition) is 3. The Labute approximate surface area is 141 Å². The fourth-order valence-corrected chi connectivity index (χ4v) is 3.77. The van der Waals surface area contributed by atoms with Crippen LogP contribution in [0.4, 0.5) is 0 Å². The average molecular weight is 330 g/mol. The largest absolute Gasteiger partial charge is 0.353 e. The van der Waals surface area contributed by atoms with Crippen LogP contribution in [0.3, 0.4) is 0 Å². The van der Waals surface area contributed by atoms with E-state index in [0.29, 0.717) is 11.0 Å². The molecule has 0 bridgehead atoms. The molecule has 0 unspecified atom stereocenters. The number of carbonyl (C=O) groups excluding carboxylic acids is 1. The van der Waals surface area contributed by atoms with E-state index in [-0.39, 0.29) is 23.9 Å². The maximum Gasteiger partial charge on any atom is 0.273 e. The van der Waals surface area contributed by atoms with E-state index in [1.54, 1.807) is 11.7 Å². The topological polar surface area (TPSA) is 79.8 Å². The number of hydrogen-bond donors (Lipinski definition) is 2. The van der Waals surface area contributed by atoms with Crippen molar-refractivity contribution in [3.8, 4) is 0 Å². The number of rotatable bonds is 3. The maximum atomic E-state index is 12.5. The Hall–Kier alpha value is -2.11. The van der Waals surface area contributed by atoms with Gasteiger partial charge < -0.3 is 5.32 Å². The van der Waals surface area contributed by atoms with Crippen LogP contribution in [0, 0.1) is 13.8 Å². The van der Waals surface area contributed by atoms with E-state index >= 15 is 0 Å². The van der Waals surface area contributed by atoms with Gasteiger partial charge >= 0.3 is 0 Å². The van der Waals surface area contributed by atoms with Gasteiger partial charge in [0.05, 0.1) is 11.8 Å². The SMILES string of the molecule is Cc1nc2c(c(C)c1CC(=O)NC1CCCCCC1)c(=O)[nH]n2C. The second-order valence-electron chi connectivity index (χ2n) is 6.93. The lowest BCUT2D eigenvalue weighted by molar-refractivity contribution is -0.121. The van der Waals surface area contributed by atoms with E-state index in [1.807, 2.05) is 13.8 Å². The number of amides is 1. The van der Waals surface area contributed by atoms with Gasteiger partial charge in [-0.15, -0.1) is 0 Å². The summed E-state index contributed by atoms with van der Waals surface area (Å²) in [4.78, 5) is 29.1. The molecule has 3 rings (SSSR count). The van der Waals surface area contributed by atoms with Crippen molar-refractivity contribution in [1.82, 2.24) is 20.1 Å². The lowest BCUT2D eigenvalue weighted by Gasteiger charge is -2.17. The summed E-state index contributed by atoms with van der Waals surface area (Å²) in [6.45, 7) is 3.80. The van der Waals surface area contributed by atoms with E-state index in [0.717, 1.165) is 29.7 Å². The quantitative estimate of drug-likeness (QED) is 0.847. The number of nitrogens with zero attached hydrogens (tertiary/aromatic N) is 2. The van der Waals surface area contributed by atoms with Gasteiger partial charge in [-0.3, -0.25) is 19.4 Å². The minimum atomic E-state index is -0.150. The molecule has 2 aromatic rings. The number of nitrogens with one attached hydrogen (secondary N) is 2. The normalized spacial score (nSPS) is 16.3. The molecule has 2 heterocycles. The molecule has 2 N–H and O–H groups in total. The molecule has 2 aromatic heterocycles. The summed E-state index contributed by atoms with van der Waals surface area (Å²) in [6.07, 6.45) is 7.33.